The minimum Gasteiger partial charge on any atom is -0.494 e. The fourth-order valence-corrected chi connectivity index (χ4v) is 2.74. The minimum atomic E-state index is 0.0519. The van der Waals surface area contributed by atoms with E-state index in [0.29, 0.717) is 31.1 Å². The summed E-state index contributed by atoms with van der Waals surface area (Å²) in [5.41, 5.74) is 0.687. The Morgan fingerprint density at radius 2 is 1.96 bits per heavy atom. The van der Waals surface area contributed by atoms with Gasteiger partial charge in [-0.05, 0) is 37.3 Å². The molecule has 0 spiro atoms. The zero-order valence-corrected chi connectivity index (χ0v) is 13.7. The maximum atomic E-state index is 12.6. The second-order valence-electron chi connectivity index (χ2n) is 5.63. The molecule has 3 rings (SSSR count). The predicted molar refractivity (Wildman–Crippen MR) is 89.2 cm³/mol. The fraction of sp³-hybridized carbons (Fsp3) is 0.389. The Labute approximate surface area is 141 Å². The number of amides is 1. The van der Waals surface area contributed by atoms with E-state index in [4.69, 9.17) is 9.47 Å². The topological polar surface area (TPSA) is 64.5 Å². The lowest BCUT2D eigenvalue weighted by Crippen LogP contribution is -2.41. The molecular weight excluding hydrogens is 306 g/mol. The van der Waals surface area contributed by atoms with Crippen LogP contribution in [0.2, 0.25) is 0 Å². The lowest BCUT2D eigenvalue weighted by Gasteiger charge is -2.31. The molecule has 1 fully saturated rings. The summed E-state index contributed by atoms with van der Waals surface area (Å²) in [7, 11) is 0. The van der Waals surface area contributed by atoms with Crippen LogP contribution >= 0.6 is 0 Å². The van der Waals surface area contributed by atoms with E-state index in [0.717, 1.165) is 18.6 Å². The molecule has 1 aromatic carbocycles. The van der Waals surface area contributed by atoms with Crippen molar-refractivity contribution < 1.29 is 14.3 Å². The standard InChI is InChI=1S/C18H21N3O3/c1-2-23-15-7-5-14(6-8-15)18(22)21-12-9-16(10-13-21)24-17-4-3-11-19-20-17/h3-8,11,16H,2,9-10,12-13H2,1H3. The summed E-state index contributed by atoms with van der Waals surface area (Å²) >= 11 is 0. The molecule has 1 saturated heterocycles. The highest BCUT2D eigenvalue weighted by molar-refractivity contribution is 5.94. The highest BCUT2D eigenvalue weighted by Crippen LogP contribution is 2.19. The van der Waals surface area contributed by atoms with Crippen LogP contribution in [0.5, 0.6) is 11.6 Å². The van der Waals surface area contributed by atoms with E-state index in [2.05, 4.69) is 10.2 Å². The van der Waals surface area contributed by atoms with Gasteiger partial charge in [-0.3, -0.25) is 4.79 Å². The van der Waals surface area contributed by atoms with Crippen LogP contribution in [0.25, 0.3) is 0 Å². The number of piperidine rings is 1. The van der Waals surface area contributed by atoms with Crippen LogP contribution in [-0.4, -0.2) is 46.8 Å². The van der Waals surface area contributed by atoms with Crippen LogP contribution in [-0.2, 0) is 0 Å². The van der Waals surface area contributed by atoms with Crippen LogP contribution < -0.4 is 9.47 Å². The average molecular weight is 327 g/mol. The number of benzene rings is 1. The van der Waals surface area contributed by atoms with Crippen molar-refractivity contribution in [2.75, 3.05) is 19.7 Å². The lowest BCUT2D eigenvalue weighted by atomic mass is 10.1. The van der Waals surface area contributed by atoms with Gasteiger partial charge >= 0.3 is 0 Å². The summed E-state index contributed by atoms with van der Waals surface area (Å²) in [4.78, 5) is 14.4. The van der Waals surface area contributed by atoms with Crippen molar-refractivity contribution in [1.82, 2.24) is 15.1 Å². The molecule has 126 valence electrons. The molecule has 0 atom stereocenters. The first-order chi connectivity index (χ1) is 11.8. The van der Waals surface area contributed by atoms with Crippen LogP contribution in [0.15, 0.2) is 42.6 Å². The first kappa shape index (κ1) is 16.2. The zero-order chi connectivity index (χ0) is 16.8. The predicted octanol–water partition coefficient (Wildman–Crippen LogP) is 2.56. The molecule has 24 heavy (non-hydrogen) atoms. The van der Waals surface area contributed by atoms with E-state index in [9.17, 15) is 4.79 Å². The second-order valence-corrected chi connectivity index (χ2v) is 5.63. The summed E-state index contributed by atoms with van der Waals surface area (Å²) in [6, 6.07) is 10.9. The van der Waals surface area contributed by atoms with Gasteiger partial charge in [0.25, 0.3) is 5.91 Å². The fourth-order valence-electron chi connectivity index (χ4n) is 2.74. The van der Waals surface area contributed by atoms with Gasteiger partial charge in [0.15, 0.2) is 0 Å². The minimum absolute atomic E-state index is 0.0519. The largest absolute Gasteiger partial charge is 0.494 e. The molecule has 0 aliphatic carbocycles. The Hall–Kier alpha value is -2.63. The van der Waals surface area contributed by atoms with Gasteiger partial charge in [-0.2, -0.15) is 5.10 Å². The van der Waals surface area contributed by atoms with E-state index in [1.807, 2.05) is 36.1 Å². The van der Waals surface area contributed by atoms with E-state index in [-0.39, 0.29) is 12.0 Å². The molecule has 0 unspecified atom stereocenters. The van der Waals surface area contributed by atoms with Crippen molar-refractivity contribution in [2.24, 2.45) is 0 Å². The number of aromatic nitrogens is 2. The Morgan fingerprint density at radius 1 is 1.21 bits per heavy atom. The first-order valence-electron chi connectivity index (χ1n) is 8.22. The van der Waals surface area contributed by atoms with Crippen LogP contribution in [0.3, 0.4) is 0 Å². The van der Waals surface area contributed by atoms with Crippen molar-refractivity contribution in [2.45, 2.75) is 25.9 Å². The summed E-state index contributed by atoms with van der Waals surface area (Å²) in [6.45, 7) is 3.91. The molecule has 1 aromatic heterocycles. The normalized spacial score (nSPS) is 15.1. The highest BCUT2D eigenvalue weighted by atomic mass is 16.5. The third-order valence-electron chi connectivity index (χ3n) is 3.98. The number of ether oxygens (including phenoxy) is 2. The van der Waals surface area contributed by atoms with Crippen LogP contribution in [0.1, 0.15) is 30.1 Å². The molecule has 0 bridgehead atoms. The van der Waals surface area contributed by atoms with Crippen LogP contribution in [0.4, 0.5) is 0 Å². The molecule has 0 N–H and O–H groups in total. The second kappa shape index (κ2) is 7.77. The van der Waals surface area contributed by atoms with Gasteiger partial charge < -0.3 is 14.4 Å². The van der Waals surface area contributed by atoms with Gasteiger partial charge in [0.05, 0.1) is 6.61 Å². The number of hydrogen-bond donors (Lipinski definition) is 0. The SMILES string of the molecule is CCOc1ccc(C(=O)N2CCC(Oc3cccnn3)CC2)cc1. The number of carbonyl (C=O) groups is 1. The molecule has 1 aliphatic rings. The van der Waals surface area contributed by atoms with Gasteiger partial charge in [-0.15, -0.1) is 5.10 Å². The Morgan fingerprint density at radius 3 is 2.58 bits per heavy atom. The quantitative estimate of drug-likeness (QED) is 0.844. The molecule has 2 heterocycles. The van der Waals surface area contributed by atoms with Crippen molar-refractivity contribution in [1.29, 1.82) is 0 Å². The number of hydrogen-bond acceptors (Lipinski definition) is 5. The van der Waals surface area contributed by atoms with Crippen LogP contribution in [0, 0.1) is 0 Å². The van der Waals surface area contributed by atoms with Gasteiger partial charge in [0.1, 0.15) is 11.9 Å². The molecule has 1 amide bonds. The maximum absolute atomic E-state index is 12.6. The number of rotatable bonds is 5. The Bertz CT molecular complexity index is 653. The molecule has 2 aromatic rings. The van der Waals surface area contributed by atoms with Crippen molar-refractivity contribution >= 4 is 5.91 Å². The van der Waals surface area contributed by atoms with Gasteiger partial charge in [-0.1, -0.05) is 0 Å². The lowest BCUT2D eigenvalue weighted by molar-refractivity contribution is 0.0586. The molecule has 0 saturated carbocycles. The van der Waals surface area contributed by atoms with E-state index >= 15 is 0 Å². The zero-order valence-electron chi connectivity index (χ0n) is 13.7. The first-order valence-corrected chi connectivity index (χ1v) is 8.22. The molecule has 1 aliphatic heterocycles. The van der Waals surface area contributed by atoms with Gasteiger partial charge in [-0.25, -0.2) is 0 Å². The van der Waals surface area contributed by atoms with Gasteiger partial charge in [0.2, 0.25) is 5.88 Å². The van der Waals surface area contributed by atoms with Gasteiger partial charge in [0, 0.05) is 43.8 Å². The molecule has 6 nitrogen and oxygen atoms in total. The third kappa shape index (κ3) is 4.01. The average Bonchev–Trinajstić information content (AvgIpc) is 2.64. The number of likely N-dealkylation sites (tertiary alicyclic amines) is 1. The summed E-state index contributed by atoms with van der Waals surface area (Å²) in [5.74, 6) is 1.37. The number of nitrogens with zero attached hydrogens (tertiary/aromatic N) is 3. The summed E-state index contributed by atoms with van der Waals surface area (Å²) < 4.78 is 11.2. The number of carbonyl (C=O) groups excluding carboxylic acids is 1. The summed E-state index contributed by atoms with van der Waals surface area (Å²) in [5, 5.41) is 7.74. The maximum Gasteiger partial charge on any atom is 0.253 e. The summed E-state index contributed by atoms with van der Waals surface area (Å²) in [6.07, 6.45) is 3.27. The van der Waals surface area contributed by atoms with Crippen molar-refractivity contribution in [3.05, 3.63) is 48.2 Å². The monoisotopic (exact) mass is 327 g/mol. The molecular formula is C18H21N3O3. The van der Waals surface area contributed by atoms with Crippen molar-refractivity contribution in [3.63, 3.8) is 0 Å². The molecule has 0 radical (unpaired) electrons. The van der Waals surface area contributed by atoms with Crippen molar-refractivity contribution in [3.8, 4) is 11.6 Å². The Kier molecular flexibility index (Phi) is 5.25. The van der Waals surface area contributed by atoms with E-state index in [1.165, 1.54) is 0 Å². The molecule has 6 heteroatoms. The highest BCUT2D eigenvalue weighted by Gasteiger charge is 2.25. The third-order valence-corrected chi connectivity index (χ3v) is 3.98. The smallest absolute Gasteiger partial charge is 0.253 e. The van der Waals surface area contributed by atoms with E-state index in [1.54, 1.807) is 18.3 Å². The Balaban J connectivity index is 1.53. The van der Waals surface area contributed by atoms with E-state index < -0.39 is 0 Å².